The maximum absolute atomic E-state index is 5.31. The summed E-state index contributed by atoms with van der Waals surface area (Å²) in [6.45, 7) is 18.5. The van der Waals surface area contributed by atoms with Crippen molar-refractivity contribution in [2.75, 3.05) is 0 Å². The Morgan fingerprint density at radius 3 is 0.588 bits per heavy atom. The second-order valence-corrected chi connectivity index (χ2v) is 37.0. The Hall–Kier alpha value is -15.7. The van der Waals surface area contributed by atoms with Gasteiger partial charge >= 0.3 is 0 Å². The first-order valence-corrected chi connectivity index (χ1v) is 48.6. The number of hydrogen-bond acceptors (Lipinski definition) is 9. The molecule has 3 aromatic heterocycles. The summed E-state index contributed by atoms with van der Waals surface area (Å²) in [7, 11) is 0. The topological polar surface area (TPSA) is 116 Å². The Bertz CT molecular complexity index is 7990. The van der Waals surface area contributed by atoms with Crippen LogP contribution in [0.25, 0.3) is 201 Å². The van der Waals surface area contributed by atoms with Crippen LogP contribution >= 0.6 is 0 Å². The van der Waals surface area contributed by atoms with Gasteiger partial charge in [0.25, 0.3) is 0 Å². The normalized spacial score (nSPS) is 13.8. The molecule has 0 N–H and O–H groups in total. The van der Waals surface area contributed by atoms with Crippen LogP contribution in [0.3, 0.4) is 0 Å². The molecule has 9 heteroatoms. The average Bonchev–Trinajstić information content (AvgIpc) is 1.58. The highest BCUT2D eigenvalue weighted by atomic mass is 15.1. The van der Waals surface area contributed by atoms with Crippen LogP contribution in [0.4, 0.5) is 0 Å². The van der Waals surface area contributed by atoms with Crippen molar-refractivity contribution in [1.82, 2.24) is 44.9 Å². The van der Waals surface area contributed by atoms with Gasteiger partial charge in [-0.05, 0) is 231 Å². The van der Waals surface area contributed by atoms with Gasteiger partial charge in [0, 0.05) is 71.7 Å². The fourth-order valence-electron chi connectivity index (χ4n) is 23.6. The predicted octanol–water partition coefficient (Wildman–Crippen LogP) is 32.7. The van der Waals surface area contributed by atoms with Crippen molar-refractivity contribution in [2.45, 2.75) is 128 Å². The molecule has 0 amide bonds. The van der Waals surface area contributed by atoms with E-state index in [0.29, 0.717) is 52.4 Å². The van der Waals surface area contributed by atoms with Crippen molar-refractivity contribution in [1.29, 1.82) is 0 Å². The van der Waals surface area contributed by atoms with Crippen LogP contribution in [0.1, 0.15) is 151 Å². The first kappa shape index (κ1) is 84.5. The third kappa shape index (κ3) is 13.8. The summed E-state index contributed by atoms with van der Waals surface area (Å²) in [6.07, 6.45) is 8.30. The van der Waals surface area contributed by atoms with E-state index in [2.05, 4.69) is 438 Å². The van der Waals surface area contributed by atoms with Crippen LogP contribution in [0.5, 0.6) is 0 Å². The summed E-state index contributed by atoms with van der Waals surface area (Å²) in [6, 6.07) is 137. The van der Waals surface area contributed by atoms with Crippen LogP contribution in [0, 0.1) is 0 Å². The number of fused-ring (bicyclic) bond motifs is 17. The van der Waals surface area contributed by atoms with Crippen molar-refractivity contribution in [3.05, 3.63) is 427 Å². The fourth-order valence-corrected chi connectivity index (χ4v) is 23.6. The quantitative estimate of drug-likeness (QED) is 0.0879. The zero-order valence-corrected chi connectivity index (χ0v) is 78.1. The molecule has 0 atom stereocenters. The molecule has 0 saturated carbocycles. The molecule has 4 aliphatic carbocycles. The van der Waals surface area contributed by atoms with Crippen LogP contribution < -0.4 is 0 Å². The van der Waals surface area contributed by atoms with E-state index in [0.717, 1.165) is 118 Å². The van der Waals surface area contributed by atoms with E-state index < -0.39 is 0 Å². The second kappa shape index (κ2) is 34.4. The Morgan fingerprint density at radius 1 is 0.140 bits per heavy atom. The molecule has 0 radical (unpaired) electrons. The molecule has 0 aliphatic heterocycles. The highest BCUT2D eigenvalue weighted by Crippen LogP contribution is 2.59. The van der Waals surface area contributed by atoms with Gasteiger partial charge in [0.1, 0.15) is 0 Å². The molecule has 18 aromatic carbocycles. The number of rotatable bonds is 17. The van der Waals surface area contributed by atoms with Gasteiger partial charge in [0.15, 0.2) is 52.4 Å². The SMILES string of the molecule is CCC1(CC)c2ccccc2-c2ccc(-c3nc(-c4ccc5c(c4)C(CC)(CC)c4ccccc4-5)nc(-c4cccc5ccccc45)n3)cc21.CCC1(CC)c2ccccc2-c2ccc(-c3nc(-c4ccc5ccccc5c4)nc(-c4ccc5ccccc5c4)n3)cc21.CCC1(CC)c2ccccc2-c2ccc(-c3nc(-c4cccc5ccccc45)nc(-c4cccc5ccccc45)n3)cc21. The predicted molar refractivity (Wildman–Crippen MR) is 563 cm³/mol. The van der Waals surface area contributed by atoms with E-state index in [9.17, 15) is 0 Å². The van der Waals surface area contributed by atoms with Gasteiger partial charge in [-0.1, -0.05) is 401 Å². The fraction of sp³-hybridized carbons (Fsp3) is 0.157. The number of hydrogen-bond donors (Lipinski definition) is 0. The largest absolute Gasteiger partial charge is 0.208 e. The Labute approximate surface area is 795 Å². The van der Waals surface area contributed by atoms with Crippen LogP contribution in [-0.2, 0) is 21.7 Å². The molecular weight excluding hydrogens is 1650 g/mol. The van der Waals surface area contributed by atoms with Gasteiger partial charge in [0.2, 0.25) is 0 Å². The lowest BCUT2D eigenvalue weighted by Crippen LogP contribution is -2.23. The van der Waals surface area contributed by atoms with Crippen LogP contribution in [0.15, 0.2) is 382 Å². The molecule has 3 heterocycles. The van der Waals surface area contributed by atoms with E-state index >= 15 is 0 Å². The molecule has 4 aliphatic rings. The average molecular weight is 1760 g/mol. The van der Waals surface area contributed by atoms with E-state index in [1.54, 1.807) is 0 Å². The van der Waals surface area contributed by atoms with Gasteiger partial charge in [-0.3, -0.25) is 0 Å². The highest BCUT2D eigenvalue weighted by molar-refractivity contribution is 6.00. The maximum atomic E-state index is 5.31. The van der Waals surface area contributed by atoms with Crippen molar-refractivity contribution in [3.63, 3.8) is 0 Å². The van der Waals surface area contributed by atoms with E-state index in [1.807, 2.05) is 0 Å². The third-order valence-corrected chi connectivity index (χ3v) is 30.9. The summed E-state index contributed by atoms with van der Waals surface area (Å²) in [5, 5.41) is 11.6. The lowest BCUT2D eigenvalue weighted by Gasteiger charge is -2.30. The molecule has 9 nitrogen and oxygen atoms in total. The first-order valence-electron chi connectivity index (χ1n) is 48.6. The van der Waals surface area contributed by atoms with Crippen molar-refractivity contribution in [3.8, 4) is 147 Å². The second-order valence-electron chi connectivity index (χ2n) is 37.0. The van der Waals surface area contributed by atoms with Gasteiger partial charge in [-0.2, -0.15) is 0 Å². The Morgan fingerprint density at radius 2 is 0.324 bits per heavy atom. The maximum Gasteiger partial charge on any atom is 0.164 e. The van der Waals surface area contributed by atoms with E-state index in [4.69, 9.17) is 44.9 Å². The number of benzene rings is 18. The smallest absolute Gasteiger partial charge is 0.164 e. The third-order valence-electron chi connectivity index (χ3n) is 30.9. The molecule has 21 aromatic rings. The zero-order chi connectivity index (χ0) is 92.0. The molecule has 25 rings (SSSR count). The van der Waals surface area contributed by atoms with Crippen LogP contribution in [0.2, 0.25) is 0 Å². The molecule has 0 saturated heterocycles. The first-order chi connectivity index (χ1) is 66.9. The molecule has 136 heavy (non-hydrogen) atoms. The molecule has 0 unspecified atom stereocenters. The molecule has 0 bridgehead atoms. The van der Waals surface area contributed by atoms with Gasteiger partial charge in [-0.25, -0.2) is 44.9 Å². The summed E-state index contributed by atoms with van der Waals surface area (Å²) < 4.78 is 0. The minimum Gasteiger partial charge on any atom is -0.208 e. The van der Waals surface area contributed by atoms with Crippen molar-refractivity contribution in [2.24, 2.45) is 0 Å². The summed E-state index contributed by atoms with van der Waals surface area (Å²) in [5.74, 6) is 6.24. The monoisotopic (exact) mass is 1750 g/mol. The van der Waals surface area contributed by atoms with Gasteiger partial charge < -0.3 is 0 Å². The lowest BCUT2D eigenvalue weighted by molar-refractivity contribution is 0.490. The van der Waals surface area contributed by atoms with Gasteiger partial charge in [-0.15, -0.1) is 0 Å². The van der Waals surface area contributed by atoms with Crippen LogP contribution in [-0.4, -0.2) is 44.9 Å². The standard InChI is InChI=1S/C47H41N3.2C40H31N3/c1-5-46(6-2)39-22-13-11-19-34(39)36-26-24-31(28-41(36)46)43-48-44(50-45(49-43)38-21-15-17-30-16-9-10-18-33(30)38)32-25-27-37-35-20-12-14-23-40(35)47(7-3,8-4)42(37)29-32;1-3-40(4-2)35-22-10-9-19-31(35)32-24-23-28(25-36(32)40)37-41-38(33-20-11-15-26-13-5-7-17-29(26)33)43-39(42-37)34-21-12-16-27-14-6-8-18-30(27)34;1-3-40(4-2)35-16-10-9-15-33(35)34-22-21-32(25-36(34)40)39-42-37(30-19-17-26-11-5-7-13-28(26)23-30)41-38(43-39)31-20-18-27-12-6-8-14-29(27)24-31/h9-29H,5-8H2,1-4H3;2*5-25H,3-4H2,1-2H3. The summed E-state index contributed by atoms with van der Waals surface area (Å²) >= 11 is 0. The highest BCUT2D eigenvalue weighted by Gasteiger charge is 2.45. The van der Waals surface area contributed by atoms with Crippen molar-refractivity contribution < 1.29 is 0 Å². The zero-order valence-electron chi connectivity index (χ0n) is 78.1. The summed E-state index contributed by atoms with van der Waals surface area (Å²) in [4.78, 5) is 46.6. The van der Waals surface area contributed by atoms with Gasteiger partial charge in [0.05, 0.1) is 0 Å². The summed E-state index contributed by atoms with van der Waals surface area (Å²) in [5.41, 5.74) is 30.9. The van der Waals surface area contributed by atoms with Crippen molar-refractivity contribution >= 4 is 53.9 Å². The Kier molecular flexibility index (Phi) is 21.4. The van der Waals surface area contributed by atoms with E-state index in [1.165, 1.54) is 127 Å². The minimum atomic E-state index is -0.0329. The number of aromatic nitrogens is 9. The number of nitrogens with zero attached hydrogens (tertiary/aromatic N) is 9. The molecule has 0 fully saturated rings. The van der Waals surface area contributed by atoms with E-state index in [-0.39, 0.29) is 21.7 Å². The molecule has 0 spiro atoms. The Balaban J connectivity index is 0.000000115. The minimum absolute atomic E-state index is 0.0165. The molecular formula is C127H103N9. The molecule has 656 valence electrons. The lowest BCUT2D eigenvalue weighted by atomic mass is 9.73.